The molecule has 0 aliphatic heterocycles. The Hall–Kier alpha value is -2.76. The summed E-state index contributed by atoms with van der Waals surface area (Å²) in [5.74, 6) is -1.02. The van der Waals surface area contributed by atoms with E-state index in [0.717, 1.165) is 5.56 Å². The maximum Gasteiger partial charge on any atom is 0.357 e. The second-order valence-corrected chi connectivity index (χ2v) is 12.6. The molecule has 0 aliphatic carbocycles. The third-order valence-electron chi connectivity index (χ3n) is 5.28. The standard InChI is InChI=1S/C26H35O11PS/c1-5-24(27)33-19(3)36-38(29,37-20(4)34-25(28)6-2)26(39(30,31)32)18-23(17-21-13-9-7-10-14-21)35-22-15-11-8-12-16-22/h7-16,19-20,23,26H,5-6,17-18H2,1-4H3,(H,30,31,32). The highest BCUT2D eigenvalue weighted by atomic mass is 32.2. The topological polar surface area (TPSA) is 152 Å². The van der Waals surface area contributed by atoms with Crippen LogP contribution in [0.1, 0.15) is 52.5 Å². The average Bonchev–Trinajstić information content (AvgIpc) is 2.87. The zero-order valence-electron chi connectivity index (χ0n) is 22.3. The van der Waals surface area contributed by atoms with Crippen LogP contribution < -0.4 is 4.74 Å². The van der Waals surface area contributed by atoms with Crippen molar-refractivity contribution >= 4 is 29.7 Å². The quantitative estimate of drug-likeness (QED) is 0.121. The van der Waals surface area contributed by atoms with E-state index < -0.39 is 59.7 Å². The molecule has 2 rings (SSSR count). The fourth-order valence-electron chi connectivity index (χ4n) is 3.53. The normalized spacial score (nSPS) is 16.2. The minimum Gasteiger partial charge on any atom is -0.490 e. The van der Waals surface area contributed by atoms with Crippen LogP contribution in [0.15, 0.2) is 60.7 Å². The molecule has 4 atom stereocenters. The van der Waals surface area contributed by atoms with E-state index in [0.29, 0.717) is 5.75 Å². The summed E-state index contributed by atoms with van der Waals surface area (Å²) in [7, 11) is -10.1. The molecular weight excluding hydrogens is 551 g/mol. The molecule has 2 aromatic rings. The van der Waals surface area contributed by atoms with Gasteiger partial charge < -0.3 is 14.2 Å². The van der Waals surface area contributed by atoms with Gasteiger partial charge in [-0.15, -0.1) is 0 Å². The van der Waals surface area contributed by atoms with Gasteiger partial charge in [-0.3, -0.25) is 27.8 Å². The fourth-order valence-corrected chi connectivity index (χ4v) is 7.32. The van der Waals surface area contributed by atoms with Crippen LogP contribution in [-0.2, 0) is 49.2 Å². The van der Waals surface area contributed by atoms with Gasteiger partial charge in [0.1, 0.15) is 11.9 Å². The predicted molar refractivity (Wildman–Crippen MR) is 142 cm³/mol. The van der Waals surface area contributed by atoms with Gasteiger partial charge in [-0.25, -0.2) is 0 Å². The van der Waals surface area contributed by atoms with Gasteiger partial charge in [0.05, 0.1) is 0 Å². The first kappa shape index (κ1) is 32.5. The lowest BCUT2D eigenvalue weighted by Crippen LogP contribution is -2.34. The first-order chi connectivity index (χ1) is 18.4. The van der Waals surface area contributed by atoms with Gasteiger partial charge in [-0.2, -0.15) is 8.42 Å². The van der Waals surface area contributed by atoms with Crippen LogP contribution in [0.3, 0.4) is 0 Å². The highest BCUT2D eigenvalue weighted by Gasteiger charge is 2.49. The van der Waals surface area contributed by atoms with Crippen LogP contribution in [0, 0.1) is 0 Å². The second kappa shape index (κ2) is 15.1. The van der Waals surface area contributed by atoms with Crippen molar-refractivity contribution in [3.05, 3.63) is 66.2 Å². The van der Waals surface area contributed by atoms with Crippen molar-refractivity contribution in [2.75, 3.05) is 0 Å². The monoisotopic (exact) mass is 586 g/mol. The number of hydrogen-bond donors (Lipinski definition) is 1. The number of benzene rings is 2. The SMILES string of the molecule is CCC(=O)OC(C)OP(=O)(OC(C)OC(=O)CC)C(CC(Cc1ccccc1)Oc1ccccc1)S(=O)(=O)O. The minimum absolute atomic E-state index is 0.0326. The van der Waals surface area contributed by atoms with E-state index in [2.05, 4.69) is 0 Å². The molecule has 0 saturated heterocycles. The fraction of sp³-hybridized carbons (Fsp3) is 0.462. The van der Waals surface area contributed by atoms with E-state index in [1.54, 1.807) is 54.6 Å². The van der Waals surface area contributed by atoms with Gasteiger partial charge >= 0.3 is 19.5 Å². The second-order valence-electron chi connectivity index (χ2n) is 8.52. The summed E-state index contributed by atoms with van der Waals surface area (Å²) in [5, 5.41) is 0. The number of hydrogen-bond acceptors (Lipinski definition) is 10. The maximum atomic E-state index is 14.1. The molecule has 0 amide bonds. The third kappa shape index (κ3) is 11.1. The zero-order chi connectivity index (χ0) is 29.1. The third-order valence-corrected chi connectivity index (χ3v) is 9.83. The van der Waals surface area contributed by atoms with Crippen LogP contribution in [0.25, 0.3) is 0 Å². The summed E-state index contributed by atoms with van der Waals surface area (Å²) in [6.07, 6.45) is -4.44. The van der Waals surface area contributed by atoms with Crippen molar-refractivity contribution in [1.29, 1.82) is 0 Å². The van der Waals surface area contributed by atoms with Crippen LogP contribution in [0.5, 0.6) is 5.75 Å². The smallest absolute Gasteiger partial charge is 0.357 e. The molecular formula is C26H35O11PS. The van der Waals surface area contributed by atoms with Crippen molar-refractivity contribution in [3.63, 3.8) is 0 Å². The maximum absolute atomic E-state index is 14.1. The van der Waals surface area contributed by atoms with Crippen molar-refractivity contribution in [3.8, 4) is 5.75 Å². The molecule has 11 nitrogen and oxygen atoms in total. The molecule has 0 heterocycles. The summed E-state index contributed by atoms with van der Waals surface area (Å²) in [5.41, 5.74) is 0.777. The van der Waals surface area contributed by atoms with Crippen molar-refractivity contribution < 1.29 is 50.4 Å². The highest BCUT2D eigenvalue weighted by molar-refractivity contribution is 7.94. The Morgan fingerprint density at radius 3 is 1.74 bits per heavy atom. The van der Waals surface area contributed by atoms with Crippen LogP contribution in [0.2, 0.25) is 0 Å². The molecule has 4 unspecified atom stereocenters. The molecule has 0 aromatic heterocycles. The van der Waals surface area contributed by atoms with Crippen molar-refractivity contribution in [2.24, 2.45) is 0 Å². The lowest BCUT2D eigenvalue weighted by molar-refractivity contribution is -0.166. The van der Waals surface area contributed by atoms with Gasteiger partial charge in [-0.1, -0.05) is 62.4 Å². The van der Waals surface area contributed by atoms with Gasteiger partial charge in [0.15, 0.2) is 4.99 Å². The summed E-state index contributed by atoms with van der Waals surface area (Å²) in [4.78, 5) is 21.4. The van der Waals surface area contributed by atoms with Crippen molar-refractivity contribution in [2.45, 2.75) is 77.1 Å². The lowest BCUT2D eigenvalue weighted by atomic mass is 10.1. The molecule has 0 fully saturated rings. The Balaban J connectivity index is 2.48. The largest absolute Gasteiger partial charge is 0.490 e. The number of para-hydroxylation sites is 1. The first-order valence-corrected chi connectivity index (χ1v) is 15.5. The van der Waals surface area contributed by atoms with Crippen LogP contribution in [-0.4, -0.2) is 48.6 Å². The van der Waals surface area contributed by atoms with E-state index in [1.807, 2.05) is 6.07 Å². The van der Waals surface area contributed by atoms with Gasteiger partial charge in [-0.05, 0) is 31.5 Å². The molecule has 0 aliphatic rings. The number of esters is 2. The Labute approximate surface area is 229 Å². The number of carbonyl (C=O) groups excluding carboxylic acids is 2. The molecule has 216 valence electrons. The molecule has 0 spiro atoms. The van der Waals surface area contributed by atoms with Crippen LogP contribution in [0.4, 0.5) is 0 Å². The summed E-state index contributed by atoms with van der Waals surface area (Å²) >= 11 is 0. The van der Waals surface area contributed by atoms with E-state index in [-0.39, 0.29) is 19.3 Å². The van der Waals surface area contributed by atoms with Gasteiger partial charge in [0.2, 0.25) is 12.6 Å². The Bertz CT molecular complexity index is 1130. The molecule has 0 saturated carbocycles. The highest BCUT2D eigenvalue weighted by Crippen LogP contribution is 2.58. The summed E-state index contributed by atoms with van der Waals surface area (Å²) < 4.78 is 76.6. The van der Waals surface area contributed by atoms with Gasteiger partial charge in [0.25, 0.3) is 10.1 Å². The molecule has 39 heavy (non-hydrogen) atoms. The van der Waals surface area contributed by atoms with Crippen molar-refractivity contribution in [1.82, 2.24) is 0 Å². The summed E-state index contributed by atoms with van der Waals surface area (Å²) in [6.45, 7) is 5.48. The molecule has 0 bridgehead atoms. The van der Waals surface area contributed by atoms with E-state index in [1.165, 1.54) is 27.7 Å². The Kier molecular flexibility index (Phi) is 12.6. The predicted octanol–water partition coefficient (Wildman–Crippen LogP) is 5.11. The van der Waals surface area contributed by atoms with Gasteiger partial charge in [0, 0.05) is 25.7 Å². The molecule has 13 heteroatoms. The number of ether oxygens (including phenoxy) is 3. The zero-order valence-corrected chi connectivity index (χ0v) is 24.0. The number of rotatable bonds is 16. The van der Waals surface area contributed by atoms with E-state index >= 15 is 0 Å². The number of carbonyl (C=O) groups is 2. The molecule has 0 radical (unpaired) electrons. The summed E-state index contributed by atoms with van der Waals surface area (Å²) in [6, 6.07) is 17.5. The van der Waals surface area contributed by atoms with E-state index in [4.69, 9.17) is 23.3 Å². The minimum atomic E-state index is -5.14. The Morgan fingerprint density at radius 1 is 0.846 bits per heavy atom. The van der Waals surface area contributed by atoms with Crippen LogP contribution >= 0.6 is 7.60 Å². The lowest BCUT2D eigenvalue weighted by Gasteiger charge is -2.31. The first-order valence-electron chi connectivity index (χ1n) is 12.4. The molecule has 1 N–H and O–H groups in total. The van der Waals surface area contributed by atoms with E-state index in [9.17, 15) is 27.1 Å². The average molecular weight is 587 g/mol. The molecule has 2 aromatic carbocycles. The Morgan fingerprint density at radius 2 is 1.31 bits per heavy atom.